The van der Waals surface area contributed by atoms with Crippen LogP contribution in [0.3, 0.4) is 0 Å². The van der Waals surface area contributed by atoms with Crippen molar-refractivity contribution in [2.24, 2.45) is 5.10 Å². The average Bonchev–Trinajstić information content (AvgIpc) is 3.06. The first-order valence-electron chi connectivity index (χ1n) is 7.85. The Bertz CT molecular complexity index is 1020. The third-order valence-electron chi connectivity index (χ3n) is 3.79. The Kier molecular flexibility index (Phi) is 5.92. The summed E-state index contributed by atoms with van der Waals surface area (Å²) in [6, 6.07) is 11.3. The van der Waals surface area contributed by atoms with Gasteiger partial charge in [0.15, 0.2) is 17.3 Å². The highest BCUT2D eigenvalue weighted by atomic mass is 79.9. The first-order valence-corrected chi connectivity index (χ1v) is 9.05. The summed E-state index contributed by atoms with van der Waals surface area (Å²) in [5.74, 6) is 2.05. The molecule has 0 aliphatic heterocycles. The number of aromatic nitrogens is 3. The number of aromatic amines is 1. The molecule has 0 amide bonds. The summed E-state index contributed by atoms with van der Waals surface area (Å²) in [7, 11) is 4.67. The largest absolute Gasteiger partial charge is 0.493 e. The molecule has 3 aromatic rings. The van der Waals surface area contributed by atoms with Gasteiger partial charge in [-0.05, 0) is 30.4 Å². The second kappa shape index (κ2) is 8.36. The van der Waals surface area contributed by atoms with E-state index in [9.17, 15) is 0 Å². The minimum atomic E-state index is 0.363. The molecule has 0 saturated heterocycles. The van der Waals surface area contributed by atoms with E-state index >= 15 is 0 Å². The van der Waals surface area contributed by atoms with Gasteiger partial charge in [-0.15, -0.1) is 0 Å². The number of hydrogen-bond acceptors (Lipinski definition) is 6. The Morgan fingerprint density at radius 1 is 1.11 bits per heavy atom. The third kappa shape index (κ3) is 3.88. The zero-order valence-corrected chi connectivity index (χ0v) is 17.3. The summed E-state index contributed by atoms with van der Waals surface area (Å²) in [6.07, 6.45) is 1.71. The number of ether oxygens (including phenoxy) is 3. The molecular weight excluding hydrogens is 432 g/mol. The van der Waals surface area contributed by atoms with Gasteiger partial charge in [-0.3, -0.25) is 0 Å². The molecule has 0 radical (unpaired) electrons. The molecule has 27 heavy (non-hydrogen) atoms. The molecule has 1 heterocycles. The summed E-state index contributed by atoms with van der Waals surface area (Å²) in [4.78, 5) is 0. The molecule has 9 heteroatoms. The average molecular weight is 449 g/mol. The van der Waals surface area contributed by atoms with Crippen molar-refractivity contribution in [3.05, 3.63) is 51.2 Å². The Labute approximate surface area is 169 Å². The van der Waals surface area contributed by atoms with Gasteiger partial charge >= 0.3 is 0 Å². The monoisotopic (exact) mass is 448 g/mol. The highest BCUT2D eigenvalue weighted by Crippen LogP contribution is 2.40. The lowest BCUT2D eigenvalue weighted by atomic mass is 10.1. The van der Waals surface area contributed by atoms with Crippen molar-refractivity contribution in [3.8, 4) is 28.6 Å². The molecule has 140 valence electrons. The first kappa shape index (κ1) is 19.1. The fourth-order valence-electron chi connectivity index (χ4n) is 2.50. The van der Waals surface area contributed by atoms with E-state index in [-0.39, 0.29) is 0 Å². The van der Waals surface area contributed by atoms with E-state index in [1.807, 2.05) is 24.3 Å². The minimum absolute atomic E-state index is 0.363. The van der Waals surface area contributed by atoms with Gasteiger partial charge in [0.25, 0.3) is 0 Å². The maximum Gasteiger partial charge on any atom is 0.216 e. The summed E-state index contributed by atoms with van der Waals surface area (Å²) in [5, 5.41) is 11.5. The number of nitrogens with one attached hydrogen (secondary N) is 1. The second-order valence-corrected chi connectivity index (χ2v) is 6.59. The smallest absolute Gasteiger partial charge is 0.216 e. The van der Waals surface area contributed by atoms with Crippen LogP contribution in [0.5, 0.6) is 17.2 Å². The third-order valence-corrected chi connectivity index (χ3v) is 4.78. The molecule has 1 aromatic heterocycles. The van der Waals surface area contributed by atoms with Crippen molar-refractivity contribution in [2.75, 3.05) is 21.3 Å². The standard InChI is InChI=1S/C18H17BrN4O3S/c1-24-14-8-12(9-15(25-2)16(14)26-3)17-21-22-18(27)23(17)20-10-11-6-4-5-7-13(11)19/h4-10H,1-3H3,(H,22,27)/b20-10-. The molecular formula is C18H17BrN4O3S. The van der Waals surface area contributed by atoms with E-state index in [4.69, 9.17) is 26.4 Å². The lowest BCUT2D eigenvalue weighted by Gasteiger charge is -2.13. The van der Waals surface area contributed by atoms with Crippen molar-refractivity contribution in [2.45, 2.75) is 0 Å². The van der Waals surface area contributed by atoms with Gasteiger partial charge in [0.2, 0.25) is 10.5 Å². The summed E-state index contributed by atoms with van der Waals surface area (Å²) in [5.41, 5.74) is 1.62. The van der Waals surface area contributed by atoms with Gasteiger partial charge in [0.05, 0.1) is 27.5 Å². The molecule has 0 aliphatic carbocycles. The number of rotatable bonds is 6. The topological polar surface area (TPSA) is 73.7 Å². The maximum atomic E-state index is 5.41. The molecule has 0 spiro atoms. The van der Waals surface area contributed by atoms with E-state index in [0.29, 0.717) is 33.4 Å². The molecule has 0 unspecified atom stereocenters. The number of H-pyrrole nitrogens is 1. The number of methoxy groups -OCH3 is 3. The summed E-state index contributed by atoms with van der Waals surface area (Å²) < 4.78 is 19.0. The lowest BCUT2D eigenvalue weighted by molar-refractivity contribution is 0.324. The van der Waals surface area contributed by atoms with Crippen molar-refractivity contribution >= 4 is 34.4 Å². The van der Waals surface area contributed by atoms with E-state index in [1.165, 1.54) is 4.68 Å². The highest BCUT2D eigenvalue weighted by molar-refractivity contribution is 9.10. The van der Waals surface area contributed by atoms with E-state index in [0.717, 1.165) is 10.0 Å². The number of benzene rings is 2. The minimum Gasteiger partial charge on any atom is -0.493 e. The zero-order valence-electron chi connectivity index (χ0n) is 14.9. The SMILES string of the molecule is COc1cc(-c2n[nH]c(=S)n2/N=C\c2ccccc2Br)cc(OC)c1OC. The van der Waals surface area contributed by atoms with Crippen LogP contribution >= 0.6 is 28.1 Å². The van der Waals surface area contributed by atoms with E-state index in [1.54, 1.807) is 39.7 Å². The molecule has 0 saturated carbocycles. The van der Waals surface area contributed by atoms with Gasteiger partial charge in [0.1, 0.15) is 0 Å². The molecule has 2 aromatic carbocycles. The fourth-order valence-corrected chi connectivity index (χ4v) is 3.06. The first-order chi connectivity index (χ1) is 13.1. The molecule has 1 N–H and O–H groups in total. The molecule has 0 aliphatic rings. The molecule has 0 bridgehead atoms. The zero-order chi connectivity index (χ0) is 19.4. The predicted molar refractivity (Wildman–Crippen MR) is 110 cm³/mol. The van der Waals surface area contributed by atoms with Gasteiger partial charge in [-0.25, -0.2) is 5.10 Å². The van der Waals surface area contributed by atoms with Crippen molar-refractivity contribution < 1.29 is 14.2 Å². The van der Waals surface area contributed by atoms with Crippen LogP contribution < -0.4 is 14.2 Å². The van der Waals surface area contributed by atoms with Crippen LogP contribution in [0.4, 0.5) is 0 Å². The lowest BCUT2D eigenvalue weighted by Crippen LogP contribution is -1.99. The quantitative estimate of drug-likeness (QED) is 0.449. The predicted octanol–water partition coefficient (Wildman–Crippen LogP) is 4.28. The number of halogens is 1. The Balaban J connectivity index is 2.10. The summed E-state index contributed by atoms with van der Waals surface area (Å²) >= 11 is 8.82. The molecule has 0 fully saturated rings. The number of nitrogens with zero attached hydrogens (tertiary/aromatic N) is 3. The Morgan fingerprint density at radius 3 is 2.37 bits per heavy atom. The highest BCUT2D eigenvalue weighted by Gasteiger charge is 2.17. The van der Waals surface area contributed by atoms with Crippen LogP contribution in [-0.4, -0.2) is 42.4 Å². The van der Waals surface area contributed by atoms with E-state index in [2.05, 4.69) is 31.2 Å². The van der Waals surface area contributed by atoms with Gasteiger partial charge in [-0.1, -0.05) is 34.1 Å². The fraction of sp³-hybridized carbons (Fsp3) is 0.167. The van der Waals surface area contributed by atoms with Crippen LogP contribution in [-0.2, 0) is 0 Å². The van der Waals surface area contributed by atoms with Gasteiger partial charge < -0.3 is 14.2 Å². The van der Waals surface area contributed by atoms with Crippen LogP contribution in [0.25, 0.3) is 11.4 Å². The maximum absolute atomic E-state index is 5.41. The second-order valence-electron chi connectivity index (χ2n) is 5.34. The normalized spacial score (nSPS) is 11.0. The molecule has 0 atom stereocenters. The molecule has 7 nitrogen and oxygen atoms in total. The Morgan fingerprint density at radius 2 is 1.78 bits per heavy atom. The van der Waals surface area contributed by atoms with Crippen LogP contribution in [0.15, 0.2) is 46.0 Å². The van der Waals surface area contributed by atoms with Crippen LogP contribution in [0.2, 0.25) is 0 Å². The number of hydrogen-bond donors (Lipinski definition) is 1. The van der Waals surface area contributed by atoms with E-state index < -0.39 is 0 Å². The Hall–Kier alpha value is -2.65. The van der Waals surface area contributed by atoms with Gasteiger partial charge in [-0.2, -0.15) is 14.9 Å². The summed E-state index contributed by atoms with van der Waals surface area (Å²) in [6.45, 7) is 0. The van der Waals surface area contributed by atoms with Crippen LogP contribution in [0.1, 0.15) is 5.56 Å². The van der Waals surface area contributed by atoms with Crippen molar-refractivity contribution in [1.82, 2.24) is 14.9 Å². The van der Waals surface area contributed by atoms with Crippen molar-refractivity contribution in [1.29, 1.82) is 0 Å². The van der Waals surface area contributed by atoms with Crippen LogP contribution in [0, 0.1) is 4.77 Å². The molecule has 3 rings (SSSR count). The van der Waals surface area contributed by atoms with Gasteiger partial charge in [0, 0.05) is 15.6 Å². The van der Waals surface area contributed by atoms with Crippen molar-refractivity contribution in [3.63, 3.8) is 0 Å².